The zero-order valence-electron chi connectivity index (χ0n) is 17.5. The van der Waals surface area contributed by atoms with Gasteiger partial charge in [-0.3, -0.25) is 14.9 Å². The van der Waals surface area contributed by atoms with Crippen LogP contribution in [0.1, 0.15) is 51.4 Å². The molecule has 1 aliphatic carbocycles. The number of fused-ring (bicyclic) bond motifs is 1. The number of imide groups is 1. The van der Waals surface area contributed by atoms with Gasteiger partial charge in [-0.05, 0) is 55.0 Å². The van der Waals surface area contributed by atoms with Crippen molar-refractivity contribution in [2.45, 2.75) is 38.0 Å². The Hall–Kier alpha value is -2.72. The predicted molar refractivity (Wildman–Crippen MR) is 118 cm³/mol. The topological polar surface area (TPSA) is 119 Å². The molecule has 8 nitrogen and oxygen atoms in total. The second kappa shape index (κ2) is 9.19. The van der Waals surface area contributed by atoms with E-state index in [0.717, 1.165) is 23.3 Å². The first-order chi connectivity index (χ1) is 14.7. The number of ether oxygens (including phenoxy) is 1. The van der Waals surface area contributed by atoms with E-state index in [1.54, 1.807) is 6.92 Å². The molecule has 1 unspecified atom stereocenters. The fourth-order valence-corrected chi connectivity index (χ4v) is 5.73. The molecule has 1 aromatic heterocycles. The summed E-state index contributed by atoms with van der Waals surface area (Å²) < 4.78 is 28.4. The van der Waals surface area contributed by atoms with Crippen LogP contribution in [0.4, 0.5) is 9.80 Å². The molecule has 2 aromatic rings. The minimum absolute atomic E-state index is 0.0314. The molecule has 166 valence electrons. The summed E-state index contributed by atoms with van der Waals surface area (Å²) in [5.41, 5.74) is 1.37. The highest BCUT2D eigenvalue weighted by Gasteiger charge is 2.29. The summed E-state index contributed by atoms with van der Waals surface area (Å²) in [5, 5.41) is 5.28. The Balaban J connectivity index is 1.90. The van der Waals surface area contributed by atoms with Crippen LogP contribution in [0.2, 0.25) is 0 Å². The standard InChI is InChI=1S/C21H24N2O6S2/c1-4-31(27,28)14-8-6-13(7-9-14)18(24)22-20-17(19(25)23-21(26)29-3)15-10-5-12(2)11-16(15)30-20/h6-9,12H,4-5,10-11H2,1-3H3,(H,22,24)(H,23,25,26). The van der Waals surface area contributed by atoms with Gasteiger partial charge in [-0.25, -0.2) is 13.2 Å². The number of carbonyl (C=O) groups is 3. The molecule has 0 radical (unpaired) electrons. The number of amides is 3. The molecule has 1 aromatic carbocycles. The number of sulfone groups is 1. The van der Waals surface area contributed by atoms with Crippen molar-refractivity contribution in [1.29, 1.82) is 0 Å². The molecule has 0 aliphatic heterocycles. The van der Waals surface area contributed by atoms with Gasteiger partial charge >= 0.3 is 6.09 Å². The second-order valence-electron chi connectivity index (χ2n) is 7.38. The van der Waals surface area contributed by atoms with Crippen LogP contribution in [0.5, 0.6) is 0 Å². The van der Waals surface area contributed by atoms with Crippen molar-refractivity contribution in [1.82, 2.24) is 5.32 Å². The summed E-state index contributed by atoms with van der Waals surface area (Å²) in [6.07, 6.45) is 1.50. The smallest absolute Gasteiger partial charge is 0.413 e. The Morgan fingerprint density at radius 3 is 2.45 bits per heavy atom. The SMILES string of the molecule is CCS(=O)(=O)c1ccc(C(=O)Nc2sc3c(c2C(=O)NC(=O)OC)CCC(C)C3)cc1. The molecule has 0 fully saturated rings. The van der Waals surface area contributed by atoms with Crippen LogP contribution in [-0.4, -0.2) is 39.2 Å². The molecular formula is C21H24N2O6S2. The molecule has 2 N–H and O–H groups in total. The van der Waals surface area contributed by atoms with E-state index in [0.29, 0.717) is 17.3 Å². The lowest BCUT2D eigenvalue weighted by molar-refractivity contribution is 0.0937. The monoisotopic (exact) mass is 464 g/mol. The lowest BCUT2D eigenvalue weighted by Crippen LogP contribution is -2.31. The van der Waals surface area contributed by atoms with E-state index in [1.165, 1.54) is 42.7 Å². The highest BCUT2D eigenvalue weighted by Crippen LogP contribution is 2.39. The average molecular weight is 465 g/mol. The molecule has 10 heteroatoms. The Bertz CT molecular complexity index is 1120. The van der Waals surface area contributed by atoms with Gasteiger partial charge in [0.05, 0.1) is 23.3 Å². The Labute approximate surface area is 184 Å². The molecule has 0 bridgehead atoms. The first-order valence-electron chi connectivity index (χ1n) is 9.84. The molecule has 31 heavy (non-hydrogen) atoms. The highest BCUT2D eigenvalue weighted by molar-refractivity contribution is 7.91. The largest absolute Gasteiger partial charge is 0.453 e. The summed E-state index contributed by atoms with van der Waals surface area (Å²) in [7, 11) is -2.20. The van der Waals surface area contributed by atoms with Crippen molar-refractivity contribution in [3.05, 3.63) is 45.8 Å². The van der Waals surface area contributed by atoms with E-state index in [2.05, 4.69) is 22.3 Å². The number of methoxy groups -OCH3 is 1. The molecule has 3 rings (SSSR count). The van der Waals surface area contributed by atoms with E-state index >= 15 is 0 Å². The van der Waals surface area contributed by atoms with Gasteiger partial charge in [0, 0.05) is 10.4 Å². The van der Waals surface area contributed by atoms with Crippen molar-refractivity contribution >= 4 is 44.1 Å². The molecule has 1 aliphatic rings. The van der Waals surface area contributed by atoms with Crippen LogP contribution < -0.4 is 10.6 Å². The number of benzene rings is 1. The van der Waals surface area contributed by atoms with Gasteiger partial charge in [0.1, 0.15) is 5.00 Å². The Morgan fingerprint density at radius 2 is 1.84 bits per heavy atom. The number of rotatable bonds is 5. The third-order valence-electron chi connectivity index (χ3n) is 5.22. The van der Waals surface area contributed by atoms with E-state index in [9.17, 15) is 22.8 Å². The van der Waals surface area contributed by atoms with Gasteiger partial charge in [-0.15, -0.1) is 11.3 Å². The Morgan fingerprint density at radius 1 is 1.16 bits per heavy atom. The number of anilines is 1. The van der Waals surface area contributed by atoms with E-state index in [4.69, 9.17) is 0 Å². The van der Waals surface area contributed by atoms with Crippen molar-refractivity contribution in [2.24, 2.45) is 5.92 Å². The molecule has 3 amide bonds. The van der Waals surface area contributed by atoms with E-state index < -0.39 is 27.7 Å². The first-order valence-corrected chi connectivity index (χ1v) is 12.3. The number of hydrogen-bond acceptors (Lipinski definition) is 7. The lowest BCUT2D eigenvalue weighted by Gasteiger charge is -2.18. The molecule has 1 atom stereocenters. The highest BCUT2D eigenvalue weighted by atomic mass is 32.2. The summed E-state index contributed by atoms with van der Waals surface area (Å²) in [6, 6.07) is 5.64. The predicted octanol–water partition coefficient (Wildman–Crippen LogP) is 3.42. The minimum Gasteiger partial charge on any atom is -0.453 e. The Kier molecular flexibility index (Phi) is 6.80. The number of thiophene rings is 1. The minimum atomic E-state index is -3.37. The van der Waals surface area contributed by atoms with Gasteiger partial charge in [0.25, 0.3) is 11.8 Å². The number of alkyl carbamates (subject to hydrolysis) is 1. The maximum atomic E-state index is 12.8. The summed E-state index contributed by atoms with van der Waals surface area (Å²) in [6.45, 7) is 3.68. The fourth-order valence-electron chi connectivity index (χ4n) is 3.44. The maximum Gasteiger partial charge on any atom is 0.413 e. The third kappa shape index (κ3) is 4.96. The van der Waals surface area contributed by atoms with E-state index in [1.807, 2.05) is 0 Å². The summed E-state index contributed by atoms with van der Waals surface area (Å²) >= 11 is 1.32. The van der Waals surface area contributed by atoms with Crippen molar-refractivity contribution in [3.8, 4) is 0 Å². The summed E-state index contributed by atoms with van der Waals surface area (Å²) in [4.78, 5) is 38.2. The van der Waals surface area contributed by atoms with Crippen LogP contribution in [0, 0.1) is 5.92 Å². The van der Waals surface area contributed by atoms with Crippen LogP contribution in [-0.2, 0) is 27.4 Å². The van der Waals surface area contributed by atoms with E-state index in [-0.39, 0.29) is 21.8 Å². The zero-order valence-corrected chi connectivity index (χ0v) is 19.1. The van der Waals surface area contributed by atoms with Gasteiger partial charge in [0.15, 0.2) is 9.84 Å². The quantitative estimate of drug-likeness (QED) is 0.700. The molecular weight excluding hydrogens is 440 g/mol. The van der Waals surface area contributed by atoms with Crippen molar-refractivity contribution < 1.29 is 27.5 Å². The normalized spacial score (nSPS) is 15.6. The average Bonchev–Trinajstić information content (AvgIpc) is 3.10. The van der Waals surface area contributed by atoms with Crippen LogP contribution in [0.15, 0.2) is 29.2 Å². The van der Waals surface area contributed by atoms with Gasteiger partial charge < -0.3 is 10.1 Å². The second-order valence-corrected chi connectivity index (χ2v) is 10.8. The molecule has 0 saturated carbocycles. The van der Waals surface area contributed by atoms with Gasteiger partial charge in [-0.2, -0.15) is 0 Å². The fraction of sp³-hybridized carbons (Fsp3) is 0.381. The van der Waals surface area contributed by atoms with Crippen LogP contribution in [0.3, 0.4) is 0 Å². The van der Waals surface area contributed by atoms with Crippen LogP contribution in [0.25, 0.3) is 0 Å². The number of carbonyl (C=O) groups excluding carboxylic acids is 3. The maximum absolute atomic E-state index is 12.8. The van der Waals surface area contributed by atoms with Crippen molar-refractivity contribution in [2.75, 3.05) is 18.2 Å². The summed E-state index contributed by atoms with van der Waals surface area (Å²) in [5.74, 6) is -0.673. The molecule has 0 spiro atoms. The molecule has 0 saturated heterocycles. The van der Waals surface area contributed by atoms with Gasteiger partial charge in [0.2, 0.25) is 0 Å². The number of nitrogens with one attached hydrogen (secondary N) is 2. The first kappa shape index (κ1) is 23.0. The van der Waals surface area contributed by atoms with Crippen molar-refractivity contribution in [3.63, 3.8) is 0 Å². The van der Waals surface area contributed by atoms with Gasteiger partial charge in [-0.1, -0.05) is 13.8 Å². The van der Waals surface area contributed by atoms with Crippen LogP contribution >= 0.6 is 11.3 Å². The number of hydrogen-bond donors (Lipinski definition) is 2. The molecule has 1 heterocycles. The third-order valence-corrected chi connectivity index (χ3v) is 8.14. The lowest BCUT2D eigenvalue weighted by atomic mass is 9.88. The zero-order chi connectivity index (χ0) is 22.8.